The molecule has 1 atom stereocenters. The molecule has 0 bridgehead atoms. The number of carbonyl (C=O) groups is 1. The lowest BCUT2D eigenvalue weighted by molar-refractivity contribution is -0.139. The summed E-state index contributed by atoms with van der Waals surface area (Å²) in [6.07, 6.45) is 7.96. The van der Waals surface area contributed by atoms with Gasteiger partial charge in [-0.25, -0.2) is 0 Å². The molecular weight excluding hydrogens is 276 g/mol. The number of pyridine rings is 1. The van der Waals surface area contributed by atoms with Crippen molar-refractivity contribution in [1.82, 2.24) is 9.88 Å². The Morgan fingerprint density at radius 1 is 1.32 bits per heavy atom. The van der Waals surface area contributed by atoms with Crippen LogP contribution in [-0.2, 0) is 4.79 Å². The average molecular weight is 304 g/mol. The van der Waals surface area contributed by atoms with Crippen LogP contribution < -0.4 is 0 Å². The van der Waals surface area contributed by atoms with Gasteiger partial charge in [-0.3, -0.25) is 14.7 Å². The van der Waals surface area contributed by atoms with Crippen LogP contribution >= 0.6 is 0 Å². The maximum atomic E-state index is 11.3. The molecule has 1 unspecified atom stereocenters. The van der Waals surface area contributed by atoms with Crippen LogP contribution in [-0.4, -0.2) is 34.0 Å². The van der Waals surface area contributed by atoms with Gasteiger partial charge in [0.1, 0.15) is 0 Å². The summed E-state index contributed by atoms with van der Waals surface area (Å²) in [5, 5.41) is 9.33. The van der Waals surface area contributed by atoms with Gasteiger partial charge in [0.05, 0.1) is 18.3 Å². The summed E-state index contributed by atoms with van der Waals surface area (Å²) in [4.78, 5) is 18.0. The lowest BCUT2D eigenvalue weighted by atomic mass is 9.81. The van der Waals surface area contributed by atoms with E-state index in [1.807, 2.05) is 18.3 Å². The van der Waals surface area contributed by atoms with Gasteiger partial charge in [-0.15, -0.1) is 0 Å². The number of aromatic nitrogens is 1. The van der Waals surface area contributed by atoms with E-state index in [1.165, 1.54) is 32.1 Å². The lowest BCUT2D eigenvalue weighted by Gasteiger charge is -2.38. The fourth-order valence-electron chi connectivity index (χ4n) is 3.65. The van der Waals surface area contributed by atoms with Crippen molar-refractivity contribution in [2.75, 3.05) is 13.1 Å². The Hall–Kier alpha value is -1.42. The van der Waals surface area contributed by atoms with Crippen molar-refractivity contribution in [2.45, 2.75) is 52.0 Å². The zero-order valence-corrected chi connectivity index (χ0v) is 13.7. The summed E-state index contributed by atoms with van der Waals surface area (Å²) in [6.45, 7) is 5.18. The summed E-state index contributed by atoms with van der Waals surface area (Å²) >= 11 is 0. The number of carboxylic acid groups (broad SMARTS) is 1. The Kier molecular flexibility index (Phi) is 6.37. The van der Waals surface area contributed by atoms with Crippen LogP contribution in [0.25, 0.3) is 0 Å². The van der Waals surface area contributed by atoms with Crippen LogP contribution in [0, 0.1) is 11.8 Å². The lowest BCUT2D eigenvalue weighted by Crippen LogP contribution is -2.40. The van der Waals surface area contributed by atoms with Crippen LogP contribution in [0.4, 0.5) is 0 Å². The molecule has 1 aromatic heterocycles. The summed E-state index contributed by atoms with van der Waals surface area (Å²) in [6, 6.07) is 6.10. The van der Waals surface area contributed by atoms with Gasteiger partial charge >= 0.3 is 5.97 Å². The Morgan fingerprint density at radius 3 is 2.59 bits per heavy atom. The van der Waals surface area contributed by atoms with Gasteiger partial charge in [-0.05, 0) is 36.8 Å². The minimum atomic E-state index is -0.752. The third-order valence-corrected chi connectivity index (χ3v) is 4.42. The molecule has 4 heteroatoms. The van der Waals surface area contributed by atoms with Crippen molar-refractivity contribution in [3.05, 3.63) is 30.1 Å². The van der Waals surface area contributed by atoms with Crippen molar-refractivity contribution in [3.8, 4) is 0 Å². The third-order valence-electron chi connectivity index (χ3n) is 4.42. The second kappa shape index (κ2) is 8.28. The van der Waals surface area contributed by atoms with Crippen molar-refractivity contribution < 1.29 is 9.90 Å². The Labute approximate surface area is 133 Å². The molecule has 4 nitrogen and oxygen atoms in total. The van der Waals surface area contributed by atoms with E-state index in [-0.39, 0.29) is 12.6 Å². The molecular formula is C18H28N2O2. The summed E-state index contributed by atoms with van der Waals surface area (Å²) < 4.78 is 0. The zero-order chi connectivity index (χ0) is 15.9. The van der Waals surface area contributed by atoms with Gasteiger partial charge in [0.25, 0.3) is 0 Å². The molecule has 1 aromatic rings. The third kappa shape index (κ3) is 4.80. The first-order chi connectivity index (χ1) is 10.6. The van der Waals surface area contributed by atoms with Crippen molar-refractivity contribution in [1.29, 1.82) is 0 Å². The fourth-order valence-corrected chi connectivity index (χ4v) is 3.65. The van der Waals surface area contributed by atoms with Gasteiger partial charge in [-0.1, -0.05) is 39.2 Å². The SMILES string of the molecule is CC(C)CN(CC(=O)O)C(c1ccccn1)C1CCCCC1. The summed E-state index contributed by atoms with van der Waals surface area (Å²) in [7, 11) is 0. The van der Waals surface area contributed by atoms with E-state index >= 15 is 0 Å². The molecule has 0 aliphatic heterocycles. The number of hydrogen-bond acceptors (Lipinski definition) is 3. The highest BCUT2D eigenvalue weighted by molar-refractivity contribution is 5.69. The fraction of sp³-hybridized carbons (Fsp3) is 0.667. The number of carboxylic acids is 1. The van der Waals surface area contributed by atoms with Crippen LogP contribution in [0.3, 0.4) is 0 Å². The number of aliphatic carboxylic acids is 1. The van der Waals surface area contributed by atoms with Gasteiger partial charge in [0.2, 0.25) is 0 Å². The minimum absolute atomic E-state index is 0.0932. The highest BCUT2D eigenvalue weighted by Gasteiger charge is 2.32. The smallest absolute Gasteiger partial charge is 0.317 e. The predicted molar refractivity (Wildman–Crippen MR) is 87.6 cm³/mol. The molecule has 0 amide bonds. The minimum Gasteiger partial charge on any atom is -0.480 e. The van der Waals surface area contributed by atoms with Crippen molar-refractivity contribution >= 4 is 5.97 Å². The molecule has 0 aromatic carbocycles. The van der Waals surface area contributed by atoms with Gasteiger partial charge < -0.3 is 5.11 Å². The summed E-state index contributed by atoms with van der Waals surface area (Å²) in [5.41, 5.74) is 1.02. The van der Waals surface area contributed by atoms with Gasteiger partial charge in [-0.2, -0.15) is 0 Å². The first-order valence-corrected chi connectivity index (χ1v) is 8.44. The molecule has 1 N–H and O–H groups in total. The second-order valence-corrected chi connectivity index (χ2v) is 6.81. The maximum absolute atomic E-state index is 11.3. The maximum Gasteiger partial charge on any atom is 0.317 e. The van der Waals surface area contributed by atoms with Crippen LogP contribution in [0.15, 0.2) is 24.4 Å². The van der Waals surface area contributed by atoms with E-state index in [1.54, 1.807) is 0 Å². The van der Waals surface area contributed by atoms with E-state index in [0.29, 0.717) is 11.8 Å². The number of hydrogen-bond donors (Lipinski definition) is 1. The predicted octanol–water partition coefficient (Wildman–Crippen LogP) is 3.75. The van der Waals surface area contributed by atoms with Gasteiger partial charge in [0, 0.05) is 12.7 Å². The molecule has 1 fully saturated rings. The Bertz CT molecular complexity index is 455. The van der Waals surface area contributed by atoms with Crippen molar-refractivity contribution in [3.63, 3.8) is 0 Å². The largest absolute Gasteiger partial charge is 0.480 e. The van der Waals surface area contributed by atoms with E-state index in [9.17, 15) is 9.90 Å². The molecule has 0 saturated heterocycles. The topological polar surface area (TPSA) is 53.4 Å². The Balaban J connectivity index is 2.28. The molecule has 0 spiro atoms. The first kappa shape index (κ1) is 16.9. The normalized spacial score (nSPS) is 17.8. The van der Waals surface area contributed by atoms with E-state index < -0.39 is 5.97 Å². The van der Waals surface area contributed by atoms with Gasteiger partial charge in [0.15, 0.2) is 0 Å². The highest BCUT2D eigenvalue weighted by atomic mass is 16.4. The molecule has 22 heavy (non-hydrogen) atoms. The van der Waals surface area contributed by atoms with Crippen LogP contribution in [0.5, 0.6) is 0 Å². The standard InChI is InChI=1S/C18H28N2O2/c1-14(2)12-20(13-17(21)22)18(15-8-4-3-5-9-15)16-10-6-7-11-19-16/h6-7,10-11,14-15,18H,3-5,8-9,12-13H2,1-2H3,(H,21,22). The number of nitrogens with zero attached hydrogens (tertiary/aromatic N) is 2. The number of rotatable bonds is 7. The molecule has 1 saturated carbocycles. The van der Waals surface area contributed by atoms with E-state index in [4.69, 9.17) is 0 Å². The molecule has 1 aliphatic carbocycles. The summed E-state index contributed by atoms with van der Waals surface area (Å²) in [5.74, 6) is 0.202. The van der Waals surface area contributed by atoms with E-state index in [0.717, 1.165) is 12.2 Å². The Morgan fingerprint density at radius 2 is 2.05 bits per heavy atom. The monoisotopic (exact) mass is 304 g/mol. The molecule has 1 heterocycles. The quantitative estimate of drug-likeness (QED) is 0.833. The molecule has 1 aliphatic rings. The second-order valence-electron chi connectivity index (χ2n) is 6.81. The average Bonchev–Trinajstić information content (AvgIpc) is 2.48. The molecule has 2 rings (SSSR count). The van der Waals surface area contributed by atoms with Crippen LogP contribution in [0.2, 0.25) is 0 Å². The first-order valence-electron chi connectivity index (χ1n) is 8.44. The zero-order valence-electron chi connectivity index (χ0n) is 13.7. The van der Waals surface area contributed by atoms with Crippen molar-refractivity contribution in [2.24, 2.45) is 11.8 Å². The van der Waals surface area contributed by atoms with Crippen LogP contribution in [0.1, 0.15) is 57.7 Å². The highest BCUT2D eigenvalue weighted by Crippen LogP contribution is 2.37. The molecule has 122 valence electrons. The van der Waals surface area contributed by atoms with E-state index in [2.05, 4.69) is 29.8 Å². The molecule has 0 radical (unpaired) electrons.